The number of aryl methyl sites for hydroxylation is 1. The topological polar surface area (TPSA) is 104 Å². The van der Waals surface area contributed by atoms with Crippen molar-refractivity contribution in [1.82, 2.24) is 15.2 Å². The average molecular weight is 394 g/mol. The molecule has 1 aliphatic heterocycles. The first-order valence-electron chi connectivity index (χ1n) is 8.81. The lowest BCUT2D eigenvalue weighted by molar-refractivity contribution is 0.1000. The molecule has 0 fully saturated rings. The van der Waals surface area contributed by atoms with Crippen LogP contribution in [0.3, 0.4) is 0 Å². The van der Waals surface area contributed by atoms with E-state index in [1.807, 2.05) is 32.0 Å². The molecular formula is C20H18N4O3S. The maximum absolute atomic E-state index is 11.6. The van der Waals surface area contributed by atoms with Gasteiger partial charge in [-0.25, -0.2) is 4.98 Å². The van der Waals surface area contributed by atoms with E-state index in [1.54, 1.807) is 6.92 Å². The van der Waals surface area contributed by atoms with Crippen LogP contribution in [0.5, 0.6) is 5.75 Å². The van der Waals surface area contributed by atoms with E-state index >= 15 is 0 Å². The first kappa shape index (κ1) is 18.2. The minimum atomic E-state index is -0.521. The Hall–Kier alpha value is -3.18. The fraction of sp³-hybridized carbons (Fsp3) is 0.300. The number of nitrogens with zero attached hydrogens (tertiary/aromatic N) is 3. The van der Waals surface area contributed by atoms with Gasteiger partial charge in [0.05, 0.1) is 18.2 Å². The van der Waals surface area contributed by atoms with Crippen LogP contribution in [-0.2, 0) is 0 Å². The third-order valence-corrected chi connectivity index (χ3v) is 5.68. The maximum atomic E-state index is 11.6. The standard InChI is InChI=1S/C20H18N4O3S/c1-10(19-24-23-12(3)27-19)4-5-13-6-7-15-14(8-13)16-17(11(2)9-26-15)28-20(22-16)18(21)25/h6-8,10-11H,9H2,1-3H3,(H2,21,25). The van der Waals surface area contributed by atoms with Gasteiger partial charge in [-0.05, 0) is 25.1 Å². The van der Waals surface area contributed by atoms with Crippen molar-refractivity contribution in [3.05, 3.63) is 45.4 Å². The Bertz CT molecular complexity index is 1120. The quantitative estimate of drug-likeness (QED) is 0.669. The predicted molar refractivity (Wildman–Crippen MR) is 104 cm³/mol. The first-order chi connectivity index (χ1) is 13.4. The third-order valence-electron chi connectivity index (χ3n) is 4.38. The molecule has 0 aliphatic carbocycles. The Labute approximate surface area is 166 Å². The van der Waals surface area contributed by atoms with Gasteiger partial charge in [0.1, 0.15) is 5.75 Å². The highest BCUT2D eigenvalue weighted by Gasteiger charge is 2.26. The predicted octanol–water partition coefficient (Wildman–Crippen LogP) is 3.25. The summed E-state index contributed by atoms with van der Waals surface area (Å²) >= 11 is 1.32. The van der Waals surface area contributed by atoms with Gasteiger partial charge in [0.25, 0.3) is 5.91 Å². The lowest BCUT2D eigenvalue weighted by atomic mass is 10.0. The van der Waals surface area contributed by atoms with Gasteiger partial charge in [-0.1, -0.05) is 18.8 Å². The number of carbonyl (C=O) groups excluding carboxylic acids is 1. The van der Waals surface area contributed by atoms with Crippen LogP contribution >= 0.6 is 11.3 Å². The molecule has 2 aromatic heterocycles. The summed E-state index contributed by atoms with van der Waals surface area (Å²) in [5.74, 6) is 7.40. The Kier molecular flexibility index (Phi) is 4.61. The molecule has 0 radical (unpaired) electrons. The van der Waals surface area contributed by atoms with Crippen LogP contribution in [-0.4, -0.2) is 27.7 Å². The minimum absolute atomic E-state index is 0.114. The lowest BCUT2D eigenvalue weighted by Gasteiger charge is -2.08. The van der Waals surface area contributed by atoms with Gasteiger partial charge in [0, 0.05) is 28.8 Å². The van der Waals surface area contributed by atoms with Gasteiger partial charge < -0.3 is 14.9 Å². The summed E-state index contributed by atoms with van der Waals surface area (Å²) in [5, 5.41) is 8.15. The fourth-order valence-corrected chi connectivity index (χ4v) is 3.88. The number of benzene rings is 1. The van der Waals surface area contributed by atoms with Crippen LogP contribution < -0.4 is 10.5 Å². The second kappa shape index (κ2) is 7.09. The highest BCUT2D eigenvalue weighted by Crippen LogP contribution is 2.41. The van der Waals surface area contributed by atoms with Gasteiger partial charge in [0.2, 0.25) is 11.8 Å². The van der Waals surface area contributed by atoms with E-state index < -0.39 is 5.91 Å². The number of primary amides is 1. The highest BCUT2D eigenvalue weighted by atomic mass is 32.1. The molecular weight excluding hydrogens is 376 g/mol. The van der Waals surface area contributed by atoms with Gasteiger partial charge in [-0.3, -0.25) is 4.79 Å². The molecule has 7 nitrogen and oxygen atoms in total. The van der Waals surface area contributed by atoms with Gasteiger partial charge in [-0.2, -0.15) is 0 Å². The summed E-state index contributed by atoms with van der Waals surface area (Å²) in [6.07, 6.45) is 0. The number of nitrogens with two attached hydrogens (primary N) is 1. The number of rotatable bonds is 2. The van der Waals surface area contributed by atoms with Gasteiger partial charge in [0.15, 0.2) is 5.01 Å². The Morgan fingerprint density at radius 1 is 1.39 bits per heavy atom. The van der Waals surface area contributed by atoms with Crippen LogP contribution in [0.4, 0.5) is 0 Å². The van der Waals surface area contributed by atoms with Crippen LogP contribution in [0.2, 0.25) is 0 Å². The third kappa shape index (κ3) is 3.37. The summed E-state index contributed by atoms with van der Waals surface area (Å²) in [4.78, 5) is 17.1. The van der Waals surface area contributed by atoms with E-state index in [-0.39, 0.29) is 11.8 Å². The molecule has 1 aromatic carbocycles. The molecule has 2 N–H and O–H groups in total. The van der Waals surface area contributed by atoms with E-state index in [9.17, 15) is 4.79 Å². The second-order valence-electron chi connectivity index (χ2n) is 6.67. The number of hydrogen-bond donors (Lipinski definition) is 1. The lowest BCUT2D eigenvalue weighted by Crippen LogP contribution is -2.10. The minimum Gasteiger partial charge on any atom is -0.492 e. The van der Waals surface area contributed by atoms with E-state index in [0.717, 1.165) is 27.4 Å². The molecule has 1 amide bonds. The summed E-state index contributed by atoms with van der Waals surface area (Å²) in [6.45, 7) is 6.21. The monoisotopic (exact) mass is 394 g/mol. The zero-order chi connectivity index (χ0) is 19.8. The molecule has 142 valence electrons. The molecule has 3 heterocycles. The van der Waals surface area contributed by atoms with Crippen molar-refractivity contribution < 1.29 is 13.9 Å². The van der Waals surface area contributed by atoms with Crippen molar-refractivity contribution in [3.8, 4) is 28.8 Å². The smallest absolute Gasteiger partial charge is 0.277 e. The van der Waals surface area contributed by atoms with Gasteiger partial charge in [-0.15, -0.1) is 21.5 Å². The van der Waals surface area contributed by atoms with Gasteiger partial charge >= 0.3 is 0 Å². The second-order valence-corrected chi connectivity index (χ2v) is 7.70. The molecule has 0 saturated heterocycles. The number of aromatic nitrogens is 3. The normalized spacial score (nSPS) is 16.0. The average Bonchev–Trinajstić information content (AvgIpc) is 3.28. The molecule has 3 aromatic rings. The maximum Gasteiger partial charge on any atom is 0.277 e. The SMILES string of the molecule is Cc1nnc(C(C)C#Cc2ccc3c(c2)-c2nc(C(N)=O)sc2C(C)CO3)o1. The number of ether oxygens (including phenoxy) is 1. The van der Waals surface area contributed by atoms with E-state index in [4.69, 9.17) is 14.9 Å². The molecule has 0 spiro atoms. The van der Waals surface area contributed by atoms with Crippen LogP contribution in [0.15, 0.2) is 22.6 Å². The summed E-state index contributed by atoms with van der Waals surface area (Å²) in [5.41, 5.74) is 7.79. The Balaban J connectivity index is 1.72. The highest BCUT2D eigenvalue weighted by molar-refractivity contribution is 7.14. The van der Waals surface area contributed by atoms with Crippen molar-refractivity contribution in [3.63, 3.8) is 0 Å². The van der Waals surface area contributed by atoms with Crippen LogP contribution in [0.1, 0.15) is 57.7 Å². The summed E-state index contributed by atoms with van der Waals surface area (Å²) in [6, 6.07) is 5.70. The molecule has 8 heteroatoms. The van der Waals surface area contributed by atoms with E-state index in [1.165, 1.54) is 11.3 Å². The molecule has 1 aliphatic rings. The molecule has 0 saturated carbocycles. The number of hydrogen-bond acceptors (Lipinski definition) is 7. The number of fused-ring (bicyclic) bond motifs is 3. The zero-order valence-electron chi connectivity index (χ0n) is 15.6. The molecule has 4 rings (SSSR count). The van der Waals surface area contributed by atoms with Crippen molar-refractivity contribution in [2.75, 3.05) is 6.61 Å². The molecule has 0 bridgehead atoms. The largest absolute Gasteiger partial charge is 0.492 e. The van der Waals surface area contributed by atoms with E-state index in [2.05, 4.69) is 27.0 Å². The Morgan fingerprint density at radius 3 is 2.93 bits per heavy atom. The van der Waals surface area contributed by atoms with Crippen LogP contribution in [0.25, 0.3) is 11.3 Å². The first-order valence-corrected chi connectivity index (χ1v) is 9.63. The van der Waals surface area contributed by atoms with E-state index in [0.29, 0.717) is 23.4 Å². The number of thiazole rings is 1. The Morgan fingerprint density at radius 2 is 2.21 bits per heavy atom. The number of amides is 1. The van der Waals surface area contributed by atoms with Crippen molar-refractivity contribution in [1.29, 1.82) is 0 Å². The fourth-order valence-electron chi connectivity index (χ4n) is 2.91. The van der Waals surface area contributed by atoms with Crippen molar-refractivity contribution in [2.24, 2.45) is 5.73 Å². The summed E-state index contributed by atoms with van der Waals surface area (Å²) < 4.78 is 11.4. The molecule has 28 heavy (non-hydrogen) atoms. The van der Waals surface area contributed by atoms with Crippen LogP contribution in [0, 0.1) is 18.8 Å². The molecule has 2 atom stereocenters. The van der Waals surface area contributed by atoms with Crippen molar-refractivity contribution >= 4 is 17.2 Å². The van der Waals surface area contributed by atoms with Crippen molar-refractivity contribution in [2.45, 2.75) is 32.6 Å². The number of carbonyl (C=O) groups is 1. The summed E-state index contributed by atoms with van der Waals surface area (Å²) in [7, 11) is 0. The zero-order valence-corrected chi connectivity index (χ0v) is 16.5. The molecule has 2 unspecified atom stereocenters.